The van der Waals surface area contributed by atoms with Crippen LogP contribution in [0.15, 0.2) is 41.4 Å². The molecule has 0 bridgehead atoms. The van der Waals surface area contributed by atoms with Gasteiger partial charge in [0, 0.05) is 25.1 Å². The van der Waals surface area contributed by atoms with Crippen molar-refractivity contribution in [2.45, 2.75) is 13.5 Å². The molecule has 2 aromatic rings. The van der Waals surface area contributed by atoms with Crippen LogP contribution in [-0.4, -0.2) is 15.9 Å². The van der Waals surface area contributed by atoms with E-state index >= 15 is 0 Å². The summed E-state index contributed by atoms with van der Waals surface area (Å²) in [5.41, 5.74) is 2.64. The van der Waals surface area contributed by atoms with Crippen LogP contribution in [0.5, 0.6) is 0 Å². The number of aromatic nitrogens is 2. The van der Waals surface area contributed by atoms with E-state index in [-0.39, 0.29) is 5.91 Å². The van der Waals surface area contributed by atoms with E-state index in [2.05, 4.69) is 31.2 Å². The lowest BCUT2D eigenvalue weighted by atomic mass is 10.1. The zero-order valence-corrected chi connectivity index (χ0v) is 11.4. The predicted octanol–water partition coefficient (Wildman–Crippen LogP) is 2.48. The number of nitrogens with zero attached hydrogens (tertiary/aromatic N) is 2. The summed E-state index contributed by atoms with van der Waals surface area (Å²) in [4.78, 5) is 20.0. The first kappa shape index (κ1) is 12.7. The highest BCUT2D eigenvalue weighted by atomic mass is 79.9. The molecule has 2 aromatic heterocycles. The zero-order valence-electron chi connectivity index (χ0n) is 9.85. The normalized spacial score (nSPS) is 10.1. The minimum Gasteiger partial charge on any atom is -0.348 e. The maximum Gasteiger partial charge on any atom is 0.254 e. The lowest BCUT2D eigenvalue weighted by Gasteiger charge is -2.08. The number of rotatable bonds is 3. The molecule has 0 aliphatic carbocycles. The predicted molar refractivity (Wildman–Crippen MR) is 72.1 cm³/mol. The highest BCUT2D eigenvalue weighted by molar-refractivity contribution is 9.10. The van der Waals surface area contributed by atoms with Crippen LogP contribution in [0, 0.1) is 6.92 Å². The van der Waals surface area contributed by atoms with Gasteiger partial charge in [-0.25, -0.2) is 4.98 Å². The van der Waals surface area contributed by atoms with E-state index in [1.807, 2.05) is 13.0 Å². The van der Waals surface area contributed by atoms with E-state index in [9.17, 15) is 4.79 Å². The molecular weight excluding hydrogens is 294 g/mol. The Kier molecular flexibility index (Phi) is 4.04. The van der Waals surface area contributed by atoms with Crippen molar-refractivity contribution in [3.05, 3.63) is 58.1 Å². The fourth-order valence-electron chi connectivity index (χ4n) is 1.51. The number of hydrogen-bond donors (Lipinski definition) is 1. The Morgan fingerprint density at radius 1 is 1.39 bits per heavy atom. The van der Waals surface area contributed by atoms with E-state index < -0.39 is 0 Å². The summed E-state index contributed by atoms with van der Waals surface area (Å²) in [6, 6.07) is 5.37. The molecule has 18 heavy (non-hydrogen) atoms. The quantitative estimate of drug-likeness (QED) is 0.886. The minimum absolute atomic E-state index is 0.154. The van der Waals surface area contributed by atoms with Crippen molar-refractivity contribution in [3.8, 4) is 0 Å². The van der Waals surface area contributed by atoms with Crippen molar-refractivity contribution >= 4 is 21.8 Å². The number of hydrogen-bond acceptors (Lipinski definition) is 3. The van der Waals surface area contributed by atoms with Crippen molar-refractivity contribution in [3.63, 3.8) is 0 Å². The van der Waals surface area contributed by atoms with Crippen LogP contribution in [0.3, 0.4) is 0 Å². The van der Waals surface area contributed by atoms with Crippen molar-refractivity contribution < 1.29 is 4.79 Å². The summed E-state index contributed by atoms with van der Waals surface area (Å²) in [5, 5.41) is 2.85. The molecule has 0 unspecified atom stereocenters. The van der Waals surface area contributed by atoms with Gasteiger partial charge in [0.25, 0.3) is 5.91 Å². The summed E-state index contributed by atoms with van der Waals surface area (Å²) >= 11 is 3.25. The molecule has 0 aromatic carbocycles. The van der Waals surface area contributed by atoms with E-state index in [1.54, 1.807) is 30.7 Å². The standard InChI is InChI=1S/C13H12BrN3O/c1-9-4-6-15-7-10(9)8-17-13(18)11-3-2-5-16-12(11)14/h2-7H,8H2,1H3,(H,17,18). The summed E-state index contributed by atoms with van der Waals surface area (Å²) in [5.74, 6) is -0.154. The van der Waals surface area contributed by atoms with Gasteiger partial charge in [-0.2, -0.15) is 0 Å². The molecule has 2 rings (SSSR count). The molecule has 1 amide bonds. The van der Waals surface area contributed by atoms with Crippen molar-refractivity contribution in [1.29, 1.82) is 0 Å². The van der Waals surface area contributed by atoms with Crippen LogP contribution < -0.4 is 5.32 Å². The molecule has 92 valence electrons. The van der Waals surface area contributed by atoms with Crippen LogP contribution in [0.25, 0.3) is 0 Å². The minimum atomic E-state index is -0.154. The topological polar surface area (TPSA) is 54.9 Å². The third-order valence-corrected chi connectivity index (χ3v) is 3.22. The maximum atomic E-state index is 11.9. The van der Waals surface area contributed by atoms with Gasteiger partial charge < -0.3 is 5.32 Å². The number of carbonyl (C=O) groups excluding carboxylic acids is 1. The molecule has 4 nitrogen and oxygen atoms in total. The molecule has 0 aliphatic heterocycles. The first-order valence-electron chi connectivity index (χ1n) is 5.46. The van der Waals surface area contributed by atoms with Crippen LogP contribution in [-0.2, 0) is 6.54 Å². The summed E-state index contributed by atoms with van der Waals surface area (Å²) in [7, 11) is 0. The van der Waals surface area contributed by atoms with Gasteiger partial charge in [-0.05, 0) is 52.2 Å². The van der Waals surface area contributed by atoms with E-state index in [1.165, 1.54) is 0 Å². The van der Waals surface area contributed by atoms with Crippen LogP contribution in [0.1, 0.15) is 21.5 Å². The largest absolute Gasteiger partial charge is 0.348 e. The van der Waals surface area contributed by atoms with Gasteiger partial charge in [0.2, 0.25) is 0 Å². The van der Waals surface area contributed by atoms with E-state index in [0.29, 0.717) is 16.7 Å². The second kappa shape index (κ2) is 5.73. The second-order valence-electron chi connectivity index (χ2n) is 3.83. The van der Waals surface area contributed by atoms with Crippen molar-refractivity contribution in [1.82, 2.24) is 15.3 Å². The molecule has 1 N–H and O–H groups in total. The Morgan fingerprint density at radius 3 is 2.94 bits per heavy atom. The zero-order chi connectivity index (χ0) is 13.0. The lowest BCUT2D eigenvalue weighted by Crippen LogP contribution is -2.23. The van der Waals surface area contributed by atoms with Gasteiger partial charge in [-0.15, -0.1) is 0 Å². The van der Waals surface area contributed by atoms with E-state index in [4.69, 9.17) is 0 Å². The Labute approximate surface area is 114 Å². The smallest absolute Gasteiger partial charge is 0.254 e. The number of pyridine rings is 2. The molecule has 0 saturated carbocycles. The lowest BCUT2D eigenvalue weighted by molar-refractivity contribution is 0.0949. The van der Waals surface area contributed by atoms with Crippen LogP contribution in [0.2, 0.25) is 0 Å². The summed E-state index contributed by atoms with van der Waals surface area (Å²) < 4.78 is 0.547. The van der Waals surface area contributed by atoms with Crippen LogP contribution in [0.4, 0.5) is 0 Å². The number of aryl methyl sites for hydroxylation is 1. The first-order valence-corrected chi connectivity index (χ1v) is 6.26. The molecule has 0 aliphatic rings. The van der Waals surface area contributed by atoms with Crippen molar-refractivity contribution in [2.75, 3.05) is 0 Å². The molecular formula is C13H12BrN3O. The fourth-order valence-corrected chi connectivity index (χ4v) is 1.94. The second-order valence-corrected chi connectivity index (χ2v) is 4.58. The Morgan fingerprint density at radius 2 is 2.22 bits per heavy atom. The number of carbonyl (C=O) groups is 1. The Balaban J connectivity index is 2.06. The van der Waals surface area contributed by atoms with Gasteiger partial charge in [0.05, 0.1) is 5.56 Å². The number of halogens is 1. The SMILES string of the molecule is Cc1ccncc1CNC(=O)c1cccnc1Br. The summed E-state index contributed by atoms with van der Waals surface area (Å²) in [6.45, 7) is 2.45. The van der Waals surface area contributed by atoms with Gasteiger partial charge >= 0.3 is 0 Å². The Hall–Kier alpha value is -1.75. The molecule has 0 atom stereocenters. The molecule has 0 fully saturated rings. The van der Waals surface area contributed by atoms with Gasteiger partial charge in [0.1, 0.15) is 4.60 Å². The van der Waals surface area contributed by atoms with Crippen molar-refractivity contribution in [2.24, 2.45) is 0 Å². The highest BCUT2D eigenvalue weighted by Crippen LogP contribution is 2.12. The van der Waals surface area contributed by atoms with Gasteiger partial charge in [0.15, 0.2) is 0 Å². The maximum absolute atomic E-state index is 11.9. The third kappa shape index (κ3) is 2.92. The fraction of sp³-hybridized carbons (Fsp3) is 0.154. The first-order chi connectivity index (χ1) is 8.68. The molecule has 0 saturated heterocycles. The molecule has 0 radical (unpaired) electrons. The number of amides is 1. The third-order valence-electron chi connectivity index (χ3n) is 2.59. The average Bonchev–Trinajstić information content (AvgIpc) is 2.38. The highest BCUT2D eigenvalue weighted by Gasteiger charge is 2.10. The molecule has 2 heterocycles. The molecule has 5 heteroatoms. The Bertz CT molecular complexity index is 572. The van der Waals surface area contributed by atoms with Gasteiger partial charge in [-0.1, -0.05) is 0 Å². The monoisotopic (exact) mass is 305 g/mol. The van der Waals surface area contributed by atoms with E-state index in [0.717, 1.165) is 11.1 Å². The average molecular weight is 306 g/mol. The molecule has 0 spiro atoms. The summed E-state index contributed by atoms with van der Waals surface area (Å²) in [6.07, 6.45) is 5.12. The van der Waals surface area contributed by atoms with Crippen LogP contribution >= 0.6 is 15.9 Å². The van der Waals surface area contributed by atoms with Gasteiger partial charge in [-0.3, -0.25) is 9.78 Å². The number of nitrogens with one attached hydrogen (secondary N) is 1.